The van der Waals surface area contributed by atoms with E-state index in [1.54, 1.807) is 0 Å². The average molecular weight is 304 g/mol. The van der Waals surface area contributed by atoms with Crippen LogP contribution in [0.2, 0.25) is 0 Å². The quantitative estimate of drug-likeness (QED) is 0.485. The van der Waals surface area contributed by atoms with Crippen LogP contribution in [0.15, 0.2) is 30.3 Å². The molecule has 22 heavy (non-hydrogen) atoms. The molecule has 1 aromatic carbocycles. The zero-order chi connectivity index (χ0) is 15.9. The van der Waals surface area contributed by atoms with Crippen LogP contribution < -0.4 is 0 Å². The number of benzene rings is 1. The summed E-state index contributed by atoms with van der Waals surface area (Å²) in [6.45, 7) is 2.50. The second-order valence-electron chi connectivity index (χ2n) is 6.13. The zero-order valence-electron chi connectivity index (χ0n) is 12.8. The molecule has 2 saturated heterocycles. The maximum atomic E-state index is 12.5. The van der Waals surface area contributed by atoms with Crippen molar-refractivity contribution in [2.45, 2.75) is 37.4 Å². The van der Waals surface area contributed by atoms with Gasteiger partial charge in [-0.25, -0.2) is 0 Å². The third-order valence-electron chi connectivity index (χ3n) is 5.32. The molecule has 0 amide bonds. The number of nitrogens with zero attached hydrogens (tertiary/aromatic N) is 2. The molecule has 0 bridgehead atoms. The minimum Gasteiger partial charge on any atom is -0.468 e. The molecule has 0 aromatic heterocycles. The van der Waals surface area contributed by atoms with E-state index in [0.717, 1.165) is 12.0 Å². The molecule has 1 aromatic rings. The molecule has 0 radical (unpaired) electrons. The van der Waals surface area contributed by atoms with Crippen molar-refractivity contribution in [3.8, 4) is 0 Å². The fourth-order valence-electron chi connectivity index (χ4n) is 4.39. The molecule has 2 fully saturated rings. The molecular formula is C16H20N2O4. The fourth-order valence-corrected chi connectivity index (χ4v) is 4.39. The van der Waals surface area contributed by atoms with Crippen molar-refractivity contribution in [1.29, 1.82) is 0 Å². The predicted molar refractivity (Wildman–Crippen MR) is 79.8 cm³/mol. The van der Waals surface area contributed by atoms with Crippen molar-refractivity contribution in [2.24, 2.45) is 5.92 Å². The Labute approximate surface area is 129 Å². The van der Waals surface area contributed by atoms with E-state index in [0.29, 0.717) is 13.0 Å². The van der Waals surface area contributed by atoms with Crippen molar-refractivity contribution >= 4 is 5.97 Å². The molecule has 2 aliphatic heterocycles. The maximum absolute atomic E-state index is 12.5. The number of carbonyl (C=O) groups excluding carboxylic acids is 1. The molecule has 0 N–H and O–H groups in total. The highest BCUT2D eigenvalue weighted by Crippen LogP contribution is 2.53. The van der Waals surface area contributed by atoms with Gasteiger partial charge in [0, 0.05) is 11.5 Å². The first kappa shape index (κ1) is 15.0. The van der Waals surface area contributed by atoms with E-state index < -0.39 is 11.6 Å². The number of hydrogen-bond donors (Lipinski definition) is 0. The minimum atomic E-state index is -0.868. The van der Waals surface area contributed by atoms with Gasteiger partial charge in [-0.15, -0.1) is 0 Å². The first-order chi connectivity index (χ1) is 10.5. The van der Waals surface area contributed by atoms with E-state index >= 15 is 0 Å². The number of esters is 1. The summed E-state index contributed by atoms with van der Waals surface area (Å²) < 4.78 is 5.02. The van der Waals surface area contributed by atoms with Crippen LogP contribution in [0.5, 0.6) is 0 Å². The lowest BCUT2D eigenvalue weighted by atomic mass is 9.81. The molecule has 6 heteroatoms. The van der Waals surface area contributed by atoms with Gasteiger partial charge in [0.05, 0.1) is 13.0 Å². The Morgan fingerprint density at radius 3 is 2.68 bits per heavy atom. The Bertz CT molecular complexity index is 591. The topological polar surface area (TPSA) is 72.7 Å². The molecule has 0 saturated carbocycles. The lowest BCUT2D eigenvalue weighted by molar-refractivity contribution is -0.533. The summed E-state index contributed by atoms with van der Waals surface area (Å²) in [6, 6.07) is 8.27. The monoisotopic (exact) mass is 304 g/mol. The zero-order valence-corrected chi connectivity index (χ0v) is 12.8. The Morgan fingerprint density at radius 2 is 2.09 bits per heavy atom. The molecule has 4 atom stereocenters. The van der Waals surface area contributed by atoms with Gasteiger partial charge >= 0.3 is 5.97 Å². The molecule has 3 rings (SSSR count). The molecule has 2 heterocycles. The number of nitro groups is 1. The third-order valence-corrected chi connectivity index (χ3v) is 5.32. The van der Waals surface area contributed by atoms with Crippen molar-refractivity contribution in [1.82, 2.24) is 4.90 Å². The van der Waals surface area contributed by atoms with E-state index in [4.69, 9.17) is 4.74 Å². The third kappa shape index (κ3) is 1.86. The van der Waals surface area contributed by atoms with Crippen LogP contribution in [0.25, 0.3) is 0 Å². The van der Waals surface area contributed by atoms with Gasteiger partial charge in [0.25, 0.3) is 0 Å². The normalized spacial score (nSPS) is 34.4. The summed E-state index contributed by atoms with van der Waals surface area (Å²) in [6.07, 6.45) is 1.47. The van der Waals surface area contributed by atoms with Gasteiger partial charge in [-0.1, -0.05) is 37.3 Å². The van der Waals surface area contributed by atoms with Gasteiger partial charge in [-0.05, 0) is 18.4 Å². The van der Waals surface area contributed by atoms with Crippen molar-refractivity contribution in [3.05, 3.63) is 46.0 Å². The van der Waals surface area contributed by atoms with E-state index in [1.165, 1.54) is 7.11 Å². The summed E-state index contributed by atoms with van der Waals surface area (Å²) in [4.78, 5) is 26.0. The fraction of sp³-hybridized carbons (Fsp3) is 0.562. The van der Waals surface area contributed by atoms with Crippen molar-refractivity contribution in [3.63, 3.8) is 0 Å². The van der Waals surface area contributed by atoms with Crippen LogP contribution in [-0.4, -0.2) is 41.0 Å². The molecule has 6 nitrogen and oxygen atoms in total. The average Bonchev–Trinajstić information content (AvgIpc) is 3.05. The van der Waals surface area contributed by atoms with E-state index in [-0.39, 0.29) is 22.9 Å². The van der Waals surface area contributed by atoms with Crippen molar-refractivity contribution in [2.75, 3.05) is 13.7 Å². The van der Waals surface area contributed by atoms with Crippen LogP contribution >= 0.6 is 0 Å². The second-order valence-corrected chi connectivity index (χ2v) is 6.13. The number of methoxy groups -OCH3 is 1. The number of carbonyl (C=O) groups is 1. The molecular weight excluding hydrogens is 284 g/mol. The van der Waals surface area contributed by atoms with Crippen LogP contribution in [0.3, 0.4) is 0 Å². The van der Waals surface area contributed by atoms with Crippen molar-refractivity contribution < 1.29 is 14.5 Å². The van der Waals surface area contributed by atoms with Crippen LogP contribution in [0, 0.1) is 16.0 Å². The van der Waals surface area contributed by atoms with Crippen LogP contribution in [-0.2, 0) is 9.53 Å². The van der Waals surface area contributed by atoms with E-state index in [9.17, 15) is 14.9 Å². The maximum Gasteiger partial charge on any atom is 0.326 e. The SMILES string of the molecule is COC(=O)[C@]12CCCN1[C@@H](c1ccccc1)[C@@H]([N+](=O)[O-])[C@@H]2C. The van der Waals surface area contributed by atoms with Gasteiger partial charge in [0.1, 0.15) is 11.6 Å². The Morgan fingerprint density at radius 1 is 1.41 bits per heavy atom. The minimum absolute atomic E-state index is 0.231. The van der Waals surface area contributed by atoms with Gasteiger partial charge < -0.3 is 4.74 Å². The van der Waals surface area contributed by atoms with Gasteiger partial charge in [-0.3, -0.25) is 19.8 Å². The number of rotatable bonds is 3. The molecule has 0 aliphatic carbocycles. The highest BCUT2D eigenvalue weighted by atomic mass is 16.6. The van der Waals surface area contributed by atoms with Crippen LogP contribution in [0.1, 0.15) is 31.4 Å². The molecule has 118 valence electrons. The summed E-state index contributed by atoms with van der Waals surface area (Å²) in [7, 11) is 1.36. The highest BCUT2D eigenvalue weighted by molar-refractivity contribution is 5.82. The van der Waals surface area contributed by atoms with Gasteiger partial charge in [0.2, 0.25) is 6.04 Å². The van der Waals surface area contributed by atoms with E-state index in [1.807, 2.05) is 42.2 Å². The lowest BCUT2D eigenvalue weighted by Gasteiger charge is -2.33. The van der Waals surface area contributed by atoms with Crippen LogP contribution in [0.4, 0.5) is 0 Å². The molecule has 0 spiro atoms. The molecule has 0 unspecified atom stereocenters. The Kier molecular flexibility index (Phi) is 3.64. The number of ether oxygens (including phenoxy) is 1. The first-order valence-corrected chi connectivity index (χ1v) is 7.57. The predicted octanol–water partition coefficient (Wildman–Crippen LogP) is 2.03. The number of fused-ring (bicyclic) bond motifs is 1. The smallest absolute Gasteiger partial charge is 0.326 e. The highest BCUT2D eigenvalue weighted by Gasteiger charge is 2.68. The van der Waals surface area contributed by atoms with E-state index in [2.05, 4.69) is 0 Å². The standard InChI is InChI=1S/C16H20N2O4/c1-11-13(18(20)21)14(12-7-4-3-5-8-12)17-10-6-9-16(11,17)15(19)22-2/h3-5,7-8,11,13-14H,6,9-10H2,1-2H3/t11-,13-,14-,16+/m0/s1. The number of hydrogen-bond acceptors (Lipinski definition) is 5. The summed E-state index contributed by atoms with van der Waals surface area (Å²) in [5.41, 5.74) is 0.0243. The lowest BCUT2D eigenvalue weighted by Crippen LogP contribution is -2.51. The van der Waals surface area contributed by atoms with Gasteiger partial charge in [-0.2, -0.15) is 0 Å². The Balaban J connectivity index is 2.12. The second kappa shape index (κ2) is 5.35. The largest absolute Gasteiger partial charge is 0.468 e. The Hall–Kier alpha value is -1.95. The first-order valence-electron chi connectivity index (χ1n) is 7.57. The summed E-state index contributed by atoms with van der Waals surface area (Å²) in [5.74, 6) is -0.731. The van der Waals surface area contributed by atoms with Gasteiger partial charge in [0.15, 0.2) is 0 Å². The summed E-state index contributed by atoms with van der Waals surface area (Å²) in [5, 5.41) is 11.7. The molecule has 2 aliphatic rings. The summed E-state index contributed by atoms with van der Waals surface area (Å²) >= 11 is 0.